The van der Waals surface area contributed by atoms with E-state index in [4.69, 9.17) is 0 Å². The lowest BCUT2D eigenvalue weighted by atomic mass is 10.1. The van der Waals surface area contributed by atoms with E-state index in [-0.39, 0.29) is 23.3 Å². The Kier molecular flexibility index (Phi) is 5.26. The Morgan fingerprint density at radius 1 is 1.08 bits per heavy atom. The lowest BCUT2D eigenvalue weighted by Crippen LogP contribution is -2.44. The van der Waals surface area contributed by atoms with Crippen LogP contribution in [0, 0.1) is 12.8 Å². The molecule has 0 N–H and O–H groups in total. The lowest BCUT2D eigenvalue weighted by Gasteiger charge is -2.32. The van der Waals surface area contributed by atoms with Crippen molar-refractivity contribution in [3.8, 4) is 0 Å². The quantitative estimate of drug-likeness (QED) is 0.817. The molecule has 0 bridgehead atoms. The second-order valence-corrected chi connectivity index (χ2v) is 8.53. The minimum absolute atomic E-state index is 0.104. The summed E-state index contributed by atoms with van der Waals surface area (Å²) in [7, 11) is 0. The Balaban J connectivity index is 1.64. The fraction of sp³-hybridized carbons (Fsp3) is 0.619. The highest BCUT2D eigenvalue weighted by Crippen LogP contribution is 2.28. The van der Waals surface area contributed by atoms with Gasteiger partial charge in [0.15, 0.2) is 0 Å². The Bertz CT molecular complexity index is 680. The average molecular weight is 357 g/mol. The maximum absolute atomic E-state index is 13.0. The number of aryl methyl sites for hydroxylation is 1. The number of carbonyl (C=O) groups excluding carboxylic acids is 2. The standard InChI is InChI=1S/C21H31N3O2/c1-16-8-5-6-9-18(16)22-10-7-11-23(13-12-22)20(26)17-14-19(25)24(15-17)21(2,3)4/h5-6,8-9,17H,7,10-15H2,1-4H3. The predicted octanol–water partition coefficient (Wildman–Crippen LogP) is 2.68. The average Bonchev–Trinajstić information content (AvgIpc) is 2.83. The van der Waals surface area contributed by atoms with Gasteiger partial charge in [-0.1, -0.05) is 18.2 Å². The van der Waals surface area contributed by atoms with Gasteiger partial charge in [-0.2, -0.15) is 0 Å². The molecule has 5 nitrogen and oxygen atoms in total. The second-order valence-electron chi connectivity index (χ2n) is 8.53. The maximum Gasteiger partial charge on any atom is 0.228 e. The third-order valence-electron chi connectivity index (χ3n) is 5.55. The molecule has 2 saturated heterocycles. The van der Waals surface area contributed by atoms with Crippen LogP contribution in [0.4, 0.5) is 5.69 Å². The van der Waals surface area contributed by atoms with E-state index in [0.29, 0.717) is 13.0 Å². The highest BCUT2D eigenvalue weighted by Gasteiger charge is 2.41. The van der Waals surface area contributed by atoms with Crippen molar-refractivity contribution in [3.05, 3.63) is 29.8 Å². The van der Waals surface area contributed by atoms with Gasteiger partial charge in [0.2, 0.25) is 11.8 Å². The molecule has 2 aliphatic heterocycles. The molecular weight excluding hydrogens is 326 g/mol. The molecule has 0 saturated carbocycles. The Hall–Kier alpha value is -2.04. The Labute approximate surface area is 156 Å². The van der Waals surface area contributed by atoms with Crippen molar-refractivity contribution in [3.63, 3.8) is 0 Å². The summed E-state index contributed by atoms with van der Waals surface area (Å²) in [5.74, 6) is 0.0654. The molecule has 142 valence electrons. The van der Waals surface area contributed by atoms with Gasteiger partial charge >= 0.3 is 0 Å². The minimum Gasteiger partial charge on any atom is -0.369 e. The molecule has 1 aromatic rings. The zero-order valence-corrected chi connectivity index (χ0v) is 16.5. The number of para-hydroxylation sites is 1. The van der Waals surface area contributed by atoms with Crippen LogP contribution in [0.15, 0.2) is 24.3 Å². The molecule has 1 unspecified atom stereocenters. The smallest absolute Gasteiger partial charge is 0.228 e. The van der Waals surface area contributed by atoms with E-state index in [1.165, 1.54) is 11.3 Å². The fourth-order valence-corrected chi connectivity index (χ4v) is 4.08. The van der Waals surface area contributed by atoms with Crippen LogP contribution >= 0.6 is 0 Å². The first-order valence-electron chi connectivity index (χ1n) is 9.67. The number of nitrogens with zero attached hydrogens (tertiary/aromatic N) is 3. The summed E-state index contributed by atoms with van der Waals surface area (Å²) in [6.07, 6.45) is 1.32. The van der Waals surface area contributed by atoms with Crippen LogP contribution in [-0.2, 0) is 9.59 Å². The predicted molar refractivity (Wildman–Crippen MR) is 104 cm³/mol. The molecule has 3 rings (SSSR count). The number of rotatable bonds is 2. The fourth-order valence-electron chi connectivity index (χ4n) is 4.08. The minimum atomic E-state index is -0.216. The number of benzene rings is 1. The number of anilines is 1. The monoisotopic (exact) mass is 357 g/mol. The van der Waals surface area contributed by atoms with Crippen LogP contribution < -0.4 is 4.90 Å². The molecule has 0 aromatic heterocycles. The van der Waals surface area contributed by atoms with Gasteiger partial charge in [0.05, 0.1) is 5.92 Å². The highest BCUT2D eigenvalue weighted by molar-refractivity contribution is 5.89. The number of amides is 2. The van der Waals surface area contributed by atoms with Gasteiger partial charge in [0.1, 0.15) is 0 Å². The lowest BCUT2D eigenvalue weighted by molar-refractivity contribution is -0.135. The Morgan fingerprint density at radius 2 is 1.81 bits per heavy atom. The van der Waals surface area contributed by atoms with Crippen LogP contribution in [0.2, 0.25) is 0 Å². The van der Waals surface area contributed by atoms with Crippen molar-refractivity contribution >= 4 is 17.5 Å². The molecule has 0 spiro atoms. The van der Waals surface area contributed by atoms with Crippen LogP contribution in [-0.4, -0.2) is 59.9 Å². The molecule has 26 heavy (non-hydrogen) atoms. The third-order valence-corrected chi connectivity index (χ3v) is 5.55. The van der Waals surface area contributed by atoms with Gasteiger partial charge in [-0.25, -0.2) is 0 Å². The van der Waals surface area contributed by atoms with Crippen molar-refractivity contribution < 1.29 is 9.59 Å². The molecule has 5 heteroatoms. The summed E-state index contributed by atoms with van der Waals surface area (Å²) < 4.78 is 0. The number of hydrogen-bond donors (Lipinski definition) is 0. The highest BCUT2D eigenvalue weighted by atomic mass is 16.2. The largest absolute Gasteiger partial charge is 0.369 e. The van der Waals surface area contributed by atoms with Gasteiger partial charge in [0.25, 0.3) is 0 Å². The zero-order valence-electron chi connectivity index (χ0n) is 16.5. The third kappa shape index (κ3) is 3.87. The first-order valence-corrected chi connectivity index (χ1v) is 9.67. The molecule has 1 aromatic carbocycles. The van der Waals surface area contributed by atoms with E-state index in [2.05, 4.69) is 36.1 Å². The summed E-state index contributed by atoms with van der Waals surface area (Å²) >= 11 is 0. The van der Waals surface area contributed by atoms with Crippen LogP contribution in [0.1, 0.15) is 39.2 Å². The summed E-state index contributed by atoms with van der Waals surface area (Å²) in [5, 5.41) is 0. The Morgan fingerprint density at radius 3 is 2.46 bits per heavy atom. The first-order chi connectivity index (χ1) is 12.3. The molecule has 1 atom stereocenters. The summed E-state index contributed by atoms with van der Waals surface area (Å²) in [6, 6.07) is 8.42. The normalized spacial score (nSPS) is 21.9. The molecular formula is C21H31N3O2. The van der Waals surface area contributed by atoms with Crippen molar-refractivity contribution in [2.75, 3.05) is 37.6 Å². The molecule has 2 heterocycles. The molecule has 0 radical (unpaired) electrons. The molecule has 2 amide bonds. The summed E-state index contributed by atoms with van der Waals surface area (Å²) in [5.41, 5.74) is 2.32. The van der Waals surface area contributed by atoms with Crippen molar-refractivity contribution in [2.45, 2.75) is 46.1 Å². The van der Waals surface area contributed by atoms with Gasteiger partial charge in [-0.3, -0.25) is 9.59 Å². The van der Waals surface area contributed by atoms with Crippen LogP contribution in [0.25, 0.3) is 0 Å². The van der Waals surface area contributed by atoms with E-state index in [0.717, 1.165) is 32.6 Å². The van der Waals surface area contributed by atoms with E-state index >= 15 is 0 Å². The van der Waals surface area contributed by atoms with Crippen LogP contribution in [0.5, 0.6) is 0 Å². The van der Waals surface area contributed by atoms with Crippen molar-refractivity contribution in [1.29, 1.82) is 0 Å². The van der Waals surface area contributed by atoms with Gasteiger partial charge in [-0.05, 0) is 45.7 Å². The molecule has 0 aliphatic carbocycles. The van der Waals surface area contributed by atoms with E-state index in [1.807, 2.05) is 30.6 Å². The number of likely N-dealkylation sites (tertiary alicyclic amines) is 1. The summed E-state index contributed by atoms with van der Waals surface area (Å²) in [4.78, 5) is 31.5. The summed E-state index contributed by atoms with van der Waals surface area (Å²) in [6.45, 7) is 12.1. The molecule has 2 aliphatic rings. The number of carbonyl (C=O) groups is 2. The maximum atomic E-state index is 13.0. The van der Waals surface area contributed by atoms with Crippen LogP contribution in [0.3, 0.4) is 0 Å². The van der Waals surface area contributed by atoms with Crippen molar-refractivity contribution in [1.82, 2.24) is 9.80 Å². The topological polar surface area (TPSA) is 43.9 Å². The van der Waals surface area contributed by atoms with Gasteiger partial charge in [0, 0.05) is 50.4 Å². The zero-order chi connectivity index (χ0) is 18.9. The van der Waals surface area contributed by atoms with E-state index in [1.54, 1.807) is 0 Å². The van der Waals surface area contributed by atoms with E-state index in [9.17, 15) is 9.59 Å². The van der Waals surface area contributed by atoms with Crippen molar-refractivity contribution in [2.24, 2.45) is 5.92 Å². The SMILES string of the molecule is Cc1ccccc1N1CCCN(C(=O)C2CC(=O)N(C(C)(C)C)C2)CC1. The van der Waals surface area contributed by atoms with Gasteiger partial charge < -0.3 is 14.7 Å². The molecule has 2 fully saturated rings. The second kappa shape index (κ2) is 7.29. The first kappa shape index (κ1) is 18.7. The number of hydrogen-bond acceptors (Lipinski definition) is 3. The van der Waals surface area contributed by atoms with E-state index < -0.39 is 0 Å². The van der Waals surface area contributed by atoms with Gasteiger partial charge in [-0.15, -0.1) is 0 Å².